The van der Waals surface area contributed by atoms with E-state index in [1.807, 2.05) is 20.9 Å². The molecule has 3 heteroatoms. The SMILES string of the molecule is COc1c(C)c(C)cc(C)c1CN(C)C(C)(C)CO. The Morgan fingerprint density at radius 3 is 2.26 bits per heavy atom. The predicted molar refractivity (Wildman–Crippen MR) is 79.8 cm³/mol. The first-order chi connectivity index (χ1) is 8.74. The minimum absolute atomic E-state index is 0.135. The molecule has 0 fully saturated rings. The van der Waals surface area contributed by atoms with Crippen LogP contribution < -0.4 is 4.74 Å². The molecule has 0 saturated heterocycles. The summed E-state index contributed by atoms with van der Waals surface area (Å²) in [7, 11) is 3.76. The van der Waals surface area contributed by atoms with Gasteiger partial charge in [0.05, 0.1) is 13.7 Å². The van der Waals surface area contributed by atoms with Crippen molar-refractivity contribution in [3.05, 3.63) is 28.3 Å². The predicted octanol–water partition coefficient (Wildman–Crippen LogP) is 2.82. The Hall–Kier alpha value is -1.06. The van der Waals surface area contributed by atoms with Crippen molar-refractivity contribution in [2.45, 2.75) is 46.7 Å². The Labute approximate surface area is 117 Å². The third-order valence-electron chi connectivity index (χ3n) is 4.13. The van der Waals surface area contributed by atoms with Crippen molar-refractivity contribution in [3.63, 3.8) is 0 Å². The summed E-state index contributed by atoms with van der Waals surface area (Å²) in [6.07, 6.45) is 0. The molecule has 0 spiro atoms. The molecule has 0 aliphatic rings. The molecule has 0 amide bonds. The minimum Gasteiger partial charge on any atom is -0.496 e. The average molecular weight is 265 g/mol. The van der Waals surface area contributed by atoms with Crippen LogP contribution in [0.1, 0.15) is 36.1 Å². The van der Waals surface area contributed by atoms with E-state index in [2.05, 4.69) is 31.7 Å². The summed E-state index contributed by atoms with van der Waals surface area (Å²) in [6, 6.07) is 2.20. The Morgan fingerprint density at radius 1 is 1.21 bits per heavy atom. The van der Waals surface area contributed by atoms with Crippen molar-refractivity contribution < 1.29 is 9.84 Å². The average Bonchev–Trinajstić information content (AvgIpc) is 2.36. The van der Waals surface area contributed by atoms with Crippen molar-refractivity contribution in [2.75, 3.05) is 20.8 Å². The molecule has 19 heavy (non-hydrogen) atoms. The molecule has 1 rings (SSSR count). The Balaban J connectivity index is 3.18. The number of likely N-dealkylation sites (N-methyl/N-ethyl adjacent to an activating group) is 1. The molecular formula is C16H27NO2. The monoisotopic (exact) mass is 265 g/mol. The van der Waals surface area contributed by atoms with Crippen LogP contribution in [0, 0.1) is 20.8 Å². The Bertz CT molecular complexity index is 453. The summed E-state index contributed by atoms with van der Waals surface area (Å²) in [5.74, 6) is 0.970. The lowest BCUT2D eigenvalue weighted by Crippen LogP contribution is -2.43. The fourth-order valence-electron chi connectivity index (χ4n) is 2.15. The molecule has 0 unspecified atom stereocenters. The van der Waals surface area contributed by atoms with Gasteiger partial charge in [-0.15, -0.1) is 0 Å². The van der Waals surface area contributed by atoms with Gasteiger partial charge in [0, 0.05) is 17.6 Å². The number of nitrogens with zero attached hydrogens (tertiary/aromatic N) is 1. The van der Waals surface area contributed by atoms with Crippen LogP contribution in [0.2, 0.25) is 0 Å². The topological polar surface area (TPSA) is 32.7 Å². The zero-order chi connectivity index (χ0) is 14.8. The molecular weight excluding hydrogens is 238 g/mol. The van der Waals surface area contributed by atoms with Crippen LogP contribution in [0.5, 0.6) is 5.75 Å². The van der Waals surface area contributed by atoms with Crippen molar-refractivity contribution in [1.29, 1.82) is 0 Å². The molecule has 0 bridgehead atoms. The lowest BCUT2D eigenvalue weighted by atomic mass is 9.97. The molecule has 0 aromatic heterocycles. The van der Waals surface area contributed by atoms with Gasteiger partial charge in [0.15, 0.2) is 0 Å². The first kappa shape index (κ1) is 16.0. The molecule has 1 aromatic rings. The number of hydrogen-bond donors (Lipinski definition) is 1. The number of rotatable bonds is 5. The number of aliphatic hydroxyl groups excluding tert-OH is 1. The number of methoxy groups -OCH3 is 1. The van der Waals surface area contributed by atoms with Crippen molar-refractivity contribution in [3.8, 4) is 5.75 Å². The number of aryl methyl sites for hydroxylation is 2. The van der Waals surface area contributed by atoms with Gasteiger partial charge in [-0.1, -0.05) is 6.07 Å². The molecule has 3 nitrogen and oxygen atoms in total. The Kier molecular flexibility index (Phi) is 4.99. The van der Waals surface area contributed by atoms with E-state index in [0.717, 1.165) is 12.3 Å². The summed E-state index contributed by atoms with van der Waals surface area (Å²) < 4.78 is 5.60. The number of aliphatic hydroxyl groups is 1. The highest BCUT2D eigenvalue weighted by molar-refractivity contribution is 5.49. The highest BCUT2D eigenvalue weighted by atomic mass is 16.5. The van der Waals surface area contributed by atoms with Crippen LogP contribution in [0.25, 0.3) is 0 Å². The van der Waals surface area contributed by atoms with Crippen molar-refractivity contribution in [1.82, 2.24) is 4.90 Å². The fraction of sp³-hybridized carbons (Fsp3) is 0.625. The van der Waals surface area contributed by atoms with E-state index in [4.69, 9.17) is 4.74 Å². The summed E-state index contributed by atoms with van der Waals surface area (Å²) >= 11 is 0. The van der Waals surface area contributed by atoms with E-state index in [0.29, 0.717) is 0 Å². The van der Waals surface area contributed by atoms with Gasteiger partial charge >= 0.3 is 0 Å². The molecule has 0 aliphatic carbocycles. The second-order valence-electron chi connectivity index (χ2n) is 5.97. The molecule has 0 saturated carbocycles. The second-order valence-corrected chi connectivity index (χ2v) is 5.97. The van der Waals surface area contributed by atoms with E-state index in [1.165, 1.54) is 22.3 Å². The van der Waals surface area contributed by atoms with E-state index < -0.39 is 0 Å². The van der Waals surface area contributed by atoms with Crippen LogP contribution >= 0.6 is 0 Å². The van der Waals surface area contributed by atoms with Gasteiger partial charge in [-0.3, -0.25) is 4.90 Å². The lowest BCUT2D eigenvalue weighted by molar-refractivity contribution is 0.0726. The molecule has 0 aliphatic heterocycles. The second kappa shape index (κ2) is 5.93. The molecule has 0 radical (unpaired) electrons. The maximum atomic E-state index is 9.46. The normalized spacial score (nSPS) is 12.1. The summed E-state index contributed by atoms with van der Waals surface area (Å²) in [6.45, 7) is 11.3. The van der Waals surface area contributed by atoms with Crippen LogP contribution in [-0.4, -0.2) is 36.3 Å². The van der Waals surface area contributed by atoms with E-state index in [9.17, 15) is 5.11 Å². The van der Waals surface area contributed by atoms with Gasteiger partial charge in [0.2, 0.25) is 0 Å². The third kappa shape index (κ3) is 3.28. The van der Waals surface area contributed by atoms with Crippen molar-refractivity contribution in [2.24, 2.45) is 0 Å². The van der Waals surface area contributed by atoms with E-state index in [-0.39, 0.29) is 12.1 Å². The standard InChI is InChI=1S/C16H27NO2/c1-11-8-12(2)14(15(19-7)13(11)3)9-17(6)16(4,5)10-18/h8,18H,9-10H2,1-7H3. The maximum Gasteiger partial charge on any atom is 0.126 e. The highest BCUT2D eigenvalue weighted by Gasteiger charge is 2.24. The van der Waals surface area contributed by atoms with Crippen molar-refractivity contribution >= 4 is 0 Å². The van der Waals surface area contributed by atoms with Gasteiger partial charge in [0.25, 0.3) is 0 Å². The third-order valence-corrected chi connectivity index (χ3v) is 4.13. The van der Waals surface area contributed by atoms with Gasteiger partial charge in [-0.25, -0.2) is 0 Å². The van der Waals surface area contributed by atoms with Gasteiger partial charge < -0.3 is 9.84 Å². The first-order valence-corrected chi connectivity index (χ1v) is 6.70. The molecule has 1 aromatic carbocycles. The van der Waals surface area contributed by atoms with Gasteiger partial charge in [-0.2, -0.15) is 0 Å². The van der Waals surface area contributed by atoms with E-state index in [1.54, 1.807) is 7.11 Å². The highest BCUT2D eigenvalue weighted by Crippen LogP contribution is 2.31. The number of ether oxygens (including phenoxy) is 1. The lowest BCUT2D eigenvalue weighted by Gasteiger charge is -2.34. The van der Waals surface area contributed by atoms with Crippen LogP contribution in [0.4, 0.5) is 0 Å². The number of benzene rings is 1. The largest absolute Gasteiger partial charge is 0.496 e. The first-order valence-electron chi connectivity index (χ1n) is 6.70. The smallest absolute Gasteiger partial charge is 0.126 e. The van der Waals surface area contributed by atoms with Gasteiger partial charge in [-0.05, 0) is 58.4 Å². The molecule has 108 valence electrons. The fourth-order valence-corrected chi connectivity index (χ4v) is 2.15. The summed E-state index contributed by atoms with van der Waals surface area (Å²) in [4.78, 5) is 2.16. The maximum absolute atomic E-state index is 9.46. The quantitative estimate of drug-likeness (QED) is 0.888. The van der Waals surface area contributed by atoms with Crippen LogP contribution in [0.15, 0.2) is 6.07 Å². The summed E-state index contributed by atoms with van der Waals surface area (Å²) in [5.41, 5.74) is 4.65. The Morgan fingerprint density at radius 2 is 1.79 bits per heavy atom. The van der Waals surface area contributed by atoms with Crippen LogP contribution in [0.3, 0.4) is 0 Å². The minimum atomic E-state index is -0.240. The zero-order valence-corrected chi connectivity index (χ0v) is 13.3. The van der Waals surface area contributed by atoms with Gasteiger partial charge in [0.1, 0.15) is 5.75 Å². The summed E-state index contributed by atoms with van der Waals surface area (Å²) in [5, 5.41) is 9.46. The molecule has 1 N–H and O–H groups in total. The van der Waals surface area contributed by atoms with Crippen LogP contribution in [-0.2, 0) is 6.54 Å². The zero-order valence-electron chi connectivity index (χ0n) is 13.3. The number of hydrogen-bond acceptors (Lipinski definition) is 3. The molecule has 0 heterocycles. The molecule has 0 atom stereocenters. The van der Waals surface area contributed by atoms with E-state index >= 15 is 0 Å².